The van der Waals surface area contributed by atoms with Gasteiger partial charge in [-0.25, -0.2) is 9.59 Å². The Morgan fingerprint density at radius 3 is 1.64 bits per heavy atom. The second-order valence-electron chi connectivity index (χ2n) is 13.5. The van der Waals surface area contributed by atoms with Gasteiger partial charge < -0.3 is 19.5 Å². The SMILES string of the molecule is Cc1ccc(C(OC(=O)C[C@H](NC(=O)OCC2c3ccccc3-c3ccccc32)C(=O)OC(C)(C)C)(c2ccccc2)c2ccccc2)cc1. The van der Waals surface area contributed by atoms with Crippen LogP contribution in [0.4, 0.5) is 4.79 Å². The molecule has 0 radical (unpaired) electrons. The van der Waals surface area contributed by atoms with Crippen molar-refractivity contribution in [1.82, 2.24) is 5.32 Å². The molecule has 0 spiro atoms. The lowest BCUT2D eigenvalue weighted by Gasteiger charge is -2.36. The second-order valence-corrected chi connectivity index (χ2v) is 13.5. The average molecular weight is 668 g/mol. The fourth-order valence-corrected chi connectivity index (χ4v) is 6.54. The third-order valence-corrected chi connectivity index (χ3v) is 8.78. The zero-order valence-corrected chi connectivity index (χ0v) is 28.7. The molecule has 1 aliphatic carbocycles. The van der Waals surface area contributed by atoms with E-state index in [-0.39, 0.29) is 12.5 Å². The summed E-state index contributed by atoms with van der Waals surface area (Å²) in [6.07, 6.45) is -1.33. The van der Waals surface area contributed by atoms with Crippen molar-refractivity contribution in [3.63, 3.8) is 0 Å². The molecule has 0 heterocycles. The van der Waals surface area contributed by atoms with Crippen molar-refractivity contribution in [1.29, 1.82) is 0 Å². The number of benzene rings is 5. The molecule has 0 bridgehead atoms. The second kappa shape index (κ2) is 14.4. The first kappa shape index (κ1) is 34.2. The largest absolute Gasteiger partial charge is 0.458 e. The van der Waals surface area contributed by atoms with Crippen LogP contribution in [0, 0.1) is 6.92 Å². The molecule has 7 nitrogen and oxygen atoms in total. The van der Waals surface area contributed by atoms with Gasteiger partial charge in [0, 0.05) is 22.6 Å². The number of ether oxygens (including phenoxy) is 3. The van der Waals surface area contributed by atoms with E-state index in [4.69, 9.17) is 14.2 Å². The smallest absolute Gasteiger partial charge is 0.407 e. The molecular formula is C43H41NO6. The first-order valence-electron chi connectivity index (χ1n) is 16.8. The molecule has 0 fully saturated rings. The fourth-order valence-electron chi connectivity index (χ4n) is 6.54. The maximum atomic E-state index is 14.1. The highest BCUT2D eigenvalue weighted by Gasteiger charge is 2.42. The van der Waals surface area contributed by atoms with Crippen molar-refractivity contribution in [3.8, 4) is 11.1 Å². The number of hydrogen-bond donors (Lipinski definition) is 1. The molecule has 0 aliphatic heterocycles. The molecule has 0 saturated carbocycles. The molecule has 5 aromatic carbocycles. The summed E-state index contributed by atoms with van der Waals surface area (Å²) in [6, 6.07) is 41.4. The van der Waals surface area contributed by atoms with Crippen molar-refractivity contribution in [2.75, 3.05) is 6.61 Å². The third-order valence-electron chi connectivity index (χ3n) is 8.78. The van der Waals surface area contributed by atoms with Gasteiger partial charge in [0.15, 0.2) is 5.60 Å². The maximum absolute atomic E-state index is 14.1. The van der Waals surface area contributed by atoms with Crippen molar-refractivity contribution >= 4 is 18.0 Å². The molecule has 6 rings (SSSR count). The highest BCUT2D eigenvalue weighted by Crippen LogP contribution is 2.45. The van der Waals surface area contributed by atoms with Crippen molar-refractivity contribution < 1.29 is 28.6 Å². The van der Waals surface area contributed by atoms with Crippen molar-refractivity contribution in [2.24, 2.45) is 0 Å². The Balaban J connectivity index is 1.27. The first-order valence-corrected chi connectivity index (χ1v) is 16.8. The van der Waals surface area contributed by atoms with Crippen LogP contribution in [0.25, 0.3) is 11.1 Å². The van der Waals surface area contributed by atoms with E-state index in [1.54, 1.807) is 20.8 Å². The minimum atomic E-state index is -1.38. The van der Waals surface area contributed by atoms with Gasteiger partial charge in [0.1, 0.15) is 18.2 Å². The van der Waals surface area contributed by atoms with E-state index in [1.807, 2.05) is 128 Å². The zero-order chi connectivity index (χ0) is 35.3. The van der Waals surface area contributed by atoms with Gasteiger partial charge in [-0.05, 0) is 49.9 Å². The number of hydrogen-bond acceptors (Lipinski definition) is 6. The van der Waals surface area contributed by atoms with E-state index >= 15 is 0 Å². The molecule has 50 heavy (non-hydrogen) atoms. The molecule has 0 aromatic heterocycles. The van der Waals surface area contributed by atoms with Gasteiger partial charge in [-0.3, -0.25) is 4.79 Å². The van der Waals surface area contributed by atoms with Gasteiger partial charge in [0.25, 0.3) is 0 Å². The lowest BCUT2D eigenvalue weighted by Crippen LogP contribution is -2.47. The number of amides is 1. The van der Waals surface area contributed by atoms with Crippen LogP contribution in [0.2, 0.25) is 0 Å². The average Bonchev–Trinajstić information content (AvgIpc) is 3.43. The van der Waals surface area contributed by atoms with Crippen LogP contribution in [-0.2, 0) is 29.4 Å². The molecule has 0 unspecified atom stereocenters. The summed E-state index contributed by atoms with van der Waals surface area (Å²) in [7, 11) is 0. The Morgan fingerprint density at radius 2 is 1.12 bits per heavy atom. The Bertz CT molecular complexity index is 1880. The number of fused-ring (bicyclic) bond motifs is 3. The molecule has 5 aromatic rings. The van der Waals surface area contributed by atoms with Crippen LogP contribution in [0.5, 0.6) is 0 Å². The predicted octanol–water partition coefficient (Wildman–Crippen LogP) is 8.47. The molecule has 7 heteroatoms. The molecule has 1 atom stereocenters. The first-order chi connectivity index (χ1) is 24.0. The molecule has 254 valence electrons. The summed E-state index contributed by atoms with van der Waals surface area (Å²) in [4.78, 5) is 41.0. The number of aryl methyl sites for hydroxylation is 1. The zero-order valence-electron chi connectivity index (χ0n) is 28.7. The van der Waals surface area contributed by atoms with E-state index in [2.05, 4.69) is 17.4 Å². The third kappa shape index (κ3) is 7.32. The number of rotatable bonds is 10. The number of alkyl carbamates (subject to hydrolysis) is 1. The summed E-state index contributed by atoms with van der Waals surface area (Å²) in [6.45, 7) is 7.20. The van der Waals surface area contributed by atoms with Gasteiger partial charge in [-0.2, -0.15) is 0 Å². The van der Waals surface area contributed by atoms with Gasteiger partial charge in [-0.1, -0.05) is 139 Å². The monoisotopic (exact) mass is 667 g/mol. The molecule has 1 N–H and O–H groups in total. The van der Waals surface area contributed by atoms with Crippen LogP contribution in [0.15, 0.2) is 133 Å². The quantitative estimate of drug-likeness (QED) is 0.0913. The molecular weight excluding hydrogens is 626 g/mol. The van der Waals surface area contributed by atoms with Gasteiger partial charge in [0.2, 0.25) is 0 Å². The Kier molecular flexibility index (Phi) is 9.86. The Hall–Kier alpha value is -5.69. The van der Waals surface area contributed by atoms with Crippen LogP contribution in [-0.4, -0.2) is 36.3 Å². The summed E-state index contributed by atoms with van der Waals surface area (Å²) in [5, 5.41) is 2.62. The van der Waals surface area contributed by atoms with Crippen LogP contribution >= 0.6 is 0 Å². The lowest BCUT2D eigenvalue weighted by atomic mass is 9.79. The highest BCUT2D eigenvalue weighted by molar-refractivity contribution is 5.87. The Labute approximate surface area is 293 Å². The standard InChI is InChI=1S/C43H41NO6/c1-29-23-25-32(26-24-29)43(30-15-7-5-8-16-30,31-17-9-6-10-18-31)49-39(45)27-38(40(46)50-42(2,3)4)44-41(47)48-28-37-35-21-13-11-19-33(35)34-20-12-14-22-36(34)37/h5-26,37-38H,27-28H2,1-4H3,(H,44,47)/t38-/m0/s1. The Morgan fingerprint density at radius 1 is 0.640 bits per heavy atom. The number of nitrogens with one attached hydrogen (secondary N) is 1. The van der Waals surface area contributed by atoms with Gasteiger partial charge in [-0.15, -0.1) is 0 Å². The summed E-state index contributed by atoms with van der Waals surface area (Å²) < 4.78 is 17.9. The topological polar surface area (TPSA) is 90.9 Å². The normalized spacial score (nSPS) is 13.0. The van der Waals surface area contributed by atoms with Crippen LogP contribution < -0.4 is 5.32 Å². The van der Waals surface area contributed by atoms with Crippen LogP contribution in [0.3, 0.4) is 0 Å². The minimum absolute atomic E-state index is 0.0455. The molecule has 1 aliphatic rings. The van der Waals surface area contributed by atoms with Crippen LogP contribution in [0.1, 0.15) is 66.5 Å². The summed E-state index contributed by atoms with van der Waals surface area (Å²) in [5.41, 5.74) is 5.31. The van der Waals surface area contributed by atoms with E-state index in [0.29, 0.717) is 0 Å². The summed E-state index contributed by atoms with van der Waals surface area (Å²) >= 11 is 0. The van der Waals surface area contributed by atoms with Crippen molar-refractivity contribution in [3.05, 3.63) is 167 Å². The number of esters is 2. The predicted molar refractivity (Wildman–Crippen MR) is 192 cm³/mol. The molecule has 1 amide bonds. The lowest BCUT2D eigenvalue weighted by molar-refractivity contribution is -0.163. The maximum Gasteiger partial charge on any atom is 0.407 e. The summed E-state index contributed by atoms with van der Waals surface area (Å²) in [5.74, 6) is -1.67. The fraction of sp³-hybridized carbons (Fsp3) is 0.233. The number of carbonyl (C=O) groups is 3. The van der Waals surface area contributed by atoms with Crippen molar-refractivity contribution in [2.45, 2.75) is 57.3 Å². The van der Waals surface area contributed by atoms with E-state index in [1.165, 1.54) is 0 Å². The molecule has 0 saturated heterocycles. The van der Waals surface area contributed by atoms with E-state index in [9.17, 15) is 14.4 Å². The number of carbonyl (C=O) groups excluding carboxylic acids is 3. The van der Waals surface area contributed by atoms with Gasteiger partial charge in [0.05, 0.1) is 6.42 Å². The van der Waals surface area contributed by atoms with E-state index < -0.39 is 41.7 Å². The van der Waals surface area contributed by atoms with Gasteiger partial charge >= 0.3 is 18.0 Å². The minimum Gasteiger partial charge on any atom is -0.458 e. The van der Waals surface area contributed by atoms with E-state index in [0.717, 1.165) is 44.5 Å². The highest BCUT2D eigenvalue weighted by atomic mass is 16.6.